The van der Waals surface area contributed by atoms with E-state index in [-0.39, 0.29) is 6.04 Å². The van der Waals surface area contributed by atoms with Crippen LogP contribution in [0.15, 0.2) is 18.3 Å². The monoisotopic (exact) mass is 177 g/mol. The molecule has 1 unspecified atom stereocenters. The second-order valence-corrected chi connectivity index (χ2v) is 3.74. The molecular weight excluding hydrogens is 162 g/mol. The lowest BCUT2D eigenvalue weighted by Gasteiger charge is -2.13. The Balaban J connectivity index is 2.17. The first-order valence-electron chi connectivity index (χ1n) is 4.70. The lowest BCUT2D eigenvalue weighted by Crippen LogP contribution is -2.30. The van der Waals surface area contributed by atoms with Crippen molar-refractivity contribution in [3.63, 3.8) is 0 Å². The maximum Gasteiger partial charge on any atom is 0.0660 e. The Labute approximate surface area is 78.3 Å². The van der Waals surface area contributed by atoms with E-state index < -0.39 is 0 Å². The average Bonchev–Trinajstić information content (AvgIpc) is 2.93. The summed E-state index contributed by atoms with van der Waals surface area (Å²) in [5, 5.41) is 0. The van der Waals surface area contributed by atoms with Crippen LogP contribution in [-0.2, 0) is 0 Å². The normalized spacial score (nSPS) is 18.6. The zero-order valence-electron chi connectivity index (χ0n) is 7.83. The SMILES string of the molecule is Cc1ccc(C(NN)C2CC2)nc1. The van der Waals surface area contributed by atoms with Crippen molar-refractivity contribution < 1.29 is 0 Å². The molecule has 1 atom stereocenters. The summed E-state index contributed by atoms with van der Waals surface area (Å²) in [6, 6.07) is 4.38. The van der Waals surface area contributed by atoms with Crippen LogP contribution in [-0.4, -0.2) is 4.98 Å². The van der Waals surface area contributed by atoms with Gasteiger partial charge in [-0.05, 0) is 37.3 Å². The lowest BCUT2D eigenvalue weighted by atomic mass is 10.1. The summed E-state index contributed by atoms with van der Waals surface area (Å²) in [7, 11) is 0. The summed E-state index contributed by atoms with van der Waals surface area (Å²) < 4.78 is 0. The first kappa shape index (κ1) is 8.66. The number of aryl methyl sites for hydroxylation is 1. The van der Waals surface area contributed by atoms with Gasteiger partial charge in [-0.2, -0.15) is 0 Å². The molecule has 3 N–H and O–H groups in total. The van der Waals surface area contributed by atoms with Crippen LogP contribution in [0.4, 0.5) is 0 Å². The fourth-order valence-corrected chi connectivity index (χ4v) is 1.56. The van der Waals surface area contributed by atoms with Crippen molar-refractivity contribution in [3.05, 3.63) is 29.6 Å². The lowest BCUT2D eigenvalue weighted by molar-refractivity contribution is 0.485. The number of nitrogens with zero attached hydrogens (tertiary/aromatic N) is 1. The molecule has 13 heavy (non-hydrogen) atoms. The van der Waals surface area contributed by atoms with Crippen LogP contribution in [0, 0.1) is 12.8 Å². The summed E-state index contributed by atoms with van der Waals surface area (Å²) in [6.07, 6.45) is 4.43. The van der Waals surface area contributed by atoms with Gasteiger partial charge in [0.05, 0.1) is 11.7 Å². The van der Waals surface area contributed by atoms with Gasteiger partial charge in [-0.3, -0.25) is 16.3 Å². The Bertz CT molecular complexity index is 277. The maximum absolute atomic E-state index is 5.49. The number of pyridine rings is 1. The van der Waals surface area contributed by atoms with Crippen molar-refractivity contribution in [2.75, 3.05) is 0 Å². The molecule has 1 aliphatic carbocycles. The van der Waals surface area contributed by atoms with Crippen molar-refractivity contribution >= 4 is 0 Å². The zero-order valence-corrected chi connectivity index (χ0v) is 7.83. The number of hydrogen-bond donors (Lipinski definition) is 2. The van der Waals surface area contributed by atoms with E-state index in [4.69, 9.17) is 5.84 Å². The minimum absolute atomic E-state index is 0.251. The molecule has 0 spiro atoms. The van der Waals surface area contributed by atoms with Crippen molar-refractivity contribution in [1.82, 2.24) is 10.4 Å². The Morgan fingerprint density at radius 3 is 2.77 bits per heavy atom. The van der Waals surface area contributed by atoms with E-state index in [1.807, 2.05) is 13.1 Å². The first-order valence-corrected chi connectivity index (χ1v) is 4.70. The van der Waals surface area contributed by atoms with E-state index in [1.165, 1.54) is 18.4 Å². The van der Waals surface area contributed by atoms with E-state index in [9.17, 15) is 0 Å². The highest BCUT2D eigenvalue weighted by Gasteiger charge is 2.32. The standard InChI is InChI=1S/C10H15N3/c1-7-2-5-9(12-6-7)10(13-11)8-3-4-8/h2,5-6,8,10,13H,3-4,11H2,1H3. The molecule has 1 saturated carbocycles. The van der Waals surface area contributed by atoms with Crippen LogP contribution in [0.2, 0.25) is 0 Å². The van der Waals surface area contributed by atoms with Gasteiger partial charge in [0.25, 0.3) is 0 Å². The number of hydrazine groups is 1. The number of rotatable bonds is 3. The number of nitrogens with two attached hydrogens (primary N) is 1. The van der Waals surface area contributed by atoms with Gasteiger partial charge in [-0.1, -0.05) is 6.07 Å². The predicted octanol–water partition coefficient (Wildman–Crippen LogP) is 1.30. The van der Waals surface area contributed by atoms with Gasteiger partial charge in [0.15, 0.2) is 0 Å². The Morgan fingerprint density at radius 2 is 2.31 bits per heavy atom. The van der Waals surface area contributed by atoms with Crippen LogP contribution in [0.25, 0.3) is 0 Å². The molecule has 1 heterocycles. The summed E-state index contributed by atoms with van der Waals surface area (Å²) in [4.78, 5) is 4.37. The third-order valence-electron chi connectivity index (χ3n) is 2.53. The quantitative estimate of drug-likeness (QED) is 0.540. The van der Waals surface area contributed by atoms with Gasteiger partial charge in [0, 0.05) is 6.20 Å². The van der Waals surface area contributed by atoms with E-state index in [1.54, 1.807) is 0 Å². The van der Waals surface area contributed by atoms with Crippen LogP contribution in [0.5, 0.6) is 0 Å². The molecule has 0 aromatic carbocycles. The van der Waals surface area contributed by atoms with Crippen molar-refractivity contribution in [2.45, 2.75) is 25.8 Å². The van der Waals surface area contributed by atoms with E-state index in [2.05, 4.69) is 22.5 Å². The fourth-order valence-electron chi connectivity index (χ4n) is 1.56. The molecule has 3 heteroatoms. The van der Waals surface area contributed by atoms with Crippen LogP contribution < -0.4 is 11.3 Å². The summed E-state index contributed by atoms with van der Waals surface area (Å²) in [5.41, 5.74) is 5.09. The van der Waals surface area contributed by atoms with Gasteiger partial charge in [0.1, 0.15) is 0 Å². The highest BCUT2D eigenvalue weighted by atomic mass is 15.2. The number of nitrogens with one attached hydrogen (secondary N) is 1. The molecule has 0 radical (unpaired) electrons. The maximum atomic E-state index is 5.49. The third-order valence-corrected chi connectivity index (χ3v) is 2.53. The fraction of sp³-hybridized carbons (Fsp3) is 0.500. The summed E-state index contributed by atoms with van der Waals surface area (Å²) >= 11 is 0. The zero-order chi connectivity index (χ0) is 9.26. The molecule has 0 amide bonds. The van der Waals surface area contributed by atoms with Gasteiger partial charge in [-0.25, -0.2) is 0 Å². The molecule has 1 aromatic heterocycles. The molecule has 1 fully saturated rings. The molecule has 2 rings (SSSR count). The second kappa shape index (κ2) is 3.44. The highest BCUT2D eigenvalue weighted by Crippen LogP contribution is 2.39. The van der Waals surface area contributed by atoms with Crippen LogP contribution in [0.3, 0.4) is 0 Å². The van der Waals surface area contributed by atoms with Crippen LogP contribution in [0.1, 0.15) is 30.1 Å². The summed E-state index contributed by atoms with van der Waals surface area (Å²) in [6.45, 7) is 2.04. The van der Waals surface area contributed by atoms with Crippen LogP contribution >= 0.6 is 0 Å². The minimum Gasteiger partial charge on any atom is -0.271 e. The van der Waals surface area contributed by atoms with Crippen molar-refractivity contribution in [1.29, 1.82) is 0 Å². The second-order valence-electron chi connectivity index (χ2n) is 3.74. The average molecular weight is 177 g/mol. The van der Waals surface area contributed by atoms with Gasteiger partial charge < -0.3 is 0 Å². The molecule has 1 aromatic rings. The molecule has 0 bridgehead atoms. The Morgan fingerprint density at radius 1 is 1.54 bits per heavy atom. The largest absolute Gasteiger partial charge is 0.271 e. The predicted molar refractivity (Wildman–Crippen MR) is 51.8 cm³/mol. The van der Waals surface area contributed by atoms with E-state index >= 15 is 0 Å². The van der Waals surface area contributed by atoms with Gasteiger partial charge in [0.2, 0.25) is 0 Å². The molecule has 70 valence electrons. The van der Waals surface area contributed by atoms with E-state index in [0.29, 0.717) is 5.92 Å². The molecule has 0 aliphatic heterocycles. The smallest absolute Gasteiger partial charge is 0.0660 e. The Hall–Kier alpha value is -0.930. The molecular formula is C10H15N3. The van der Waals surface area contributed by atoms with Gasteiger partial charge in [-0.15, -0.1) is 0 Å². The summed E-state index contributed by atoms with van der Waals surface area (Å²) in [5.74, 6) is 6.19. The Kier molecular flexibility index (Phi) is 2.29. The van der Waals surface area contributed by atoms with E-state index in [0.717, 1.165) is 5.69 Å². The topological polar surface area (TPSA) is 50.9 Å². The number of aromatic nitrogens is 1. The van der Waals surface area contributed by atoms with Crippen molar-refractivity contribution in [3.8, 4) is 0 Å². The van der Waals surface area contributed by atoms with Gasteiger partial charge >= 0.3 is 0 Å². The molecule has 1 aliphatic rings. The molecule has 3 nitrogen and oxygen atoms in total. The first-order chi connectivity index (χ1) is 6.31. The van der Waals surface area contributed by atoms with Crippen molar-refractivity contribution in [2.24, 2.45) is 11.8 Å². The number of hydrogen-bond acceptors (Lipinski definition) is 3. The highest BCUT2D eigenvalue weighted by molar-refractivity contribution is 5.16. The third kappa shape index (κ3) is 1.87. The minimum atomic E-state index is 0.251. The molecule has 0 saturated heterocycles.